The number of aromatic nitrogens is 4. The van der Waals surface area contributed by atoms with E-state index in [0.717, 1.165) is 66.9 Å². The predicted molar refractivity (Wildman–Crippen MR) is 152 cm³/mol. The van der Waals surface area contributed by atoms with E-state index in [1.807, 2.05) is 48.5 Å². The number of carbonyl (C=O) groups excluding carboxylic acids is 1. The minimum absolute atomic E-state index is 0.0664. The van der Waals surface area contributed by atoms with E-state index in [1.165, 1.54) is 31.0 Å². The van der Waals surface area contributed by atoms with E-state index in [-0.39, 0.29) is 11.9 Å². The van der Waals surface area contributed by atoms with E-state index < -0.39 is 0 Å². The normalized spacial score (nSPS) is 20.8. The van der Waals surface area contributed by atoms with Crippen LogP contribution in [0.15, 0.2) is 64.5 Å². The molecular weight excluding hydrogens is 510 g/mol. The van der Waals surface area contributed by atoms with Crippen LogP contribution in [0, 0.1) is 0 Å². The Bertz CT molecular complexity index is 1340. The van der Waals surface area contributed by atoms with Crippen LogP contribution in [0.25, 0.3) is 6.08 Å². The predicted octanol–water partition coefficient (Wildman–Crippen LogP) is 4.56. The highest BCUT2D eigenvalue weighted by atomic mass is 32.2. The first-order chi connectivity index (χ1) is 19.2. The number of ether oxygens (including phenoxy) is 1. The molecule has 1 aromatic heterocycles. The first-order valence-corrected chi connectivity index (χ1v) is 14.5. The van der Waals surface area contributed by atoms with Crippen LogP contribution in [-0.4, -0.2) is 74.4 Å². The quantitative estimate of drug-likeness (QED) is 0.418. The monoisotopic (exact) mass is 543 g/mol. The molecular formula is C29H33N7O2S. The molecule has 1 amide bonds. The highest BCUT2D eigenvalue weighted by Gasteiger charge is 2.35. The lowest BCUT2D eigenvalue weighted by Gasteiger charge is -2.39. The van der Waals surface area contributed by atoms with Gasteiger partial charge in [0.1, 0.15) is 5.75 Å². The Labute approximate surface area is 232 Å². The van der Waals surface area contributed by atoms with Gasteiger partial charge in [-0.05, 0) is 64.4 Å². The minimum atomic E-state index is -0.163. The second kappa shape index (κ2) is 11.7. The number of amides is 1. The van der Waals surface area contributed by atoms with Crippen molar-refractivity contribution in [2.75, 3.05) is 33.3 Å². The molecule has 3 aliphatic rings. The third-order valence-corrected chi connectivity index (χ3v) is 8.82. The summed E-state index contributed by atoms with van der Waals surface area (Å²) in [7, 11) is 1.68. The molecule has 0 spiro atoms. The van der Waals surface area contributed by atoms with Crippen molar-refractivity contribution in [3.05, 3.63) is 76.5 Å². The fourth-order valence-corrected chi connectivity index (χ4v) is 6.65. The van der Waals surface area contributed by atoms with E-state index in [0.29, 0.717) is 10.9 Å². The van der Waals surface area contributed by atoms with Crippen molar-refractivity contribution in [2.24, 2.45) is 4.99 Å². The third-order valence-electron chi connectivity index (χ3n) is 7.77. The van der Waals surface area contributed by atoms with E-state index in [4.69, 9.17) is 4.74 Å². The fraction of sp³-hybridized carbons (Fsp3) is 0.414. The number of thioether (sulfide) groups is 1. The lowest BCUT2D eigenvalue weighted by Crippen LogP contribution is -2.49. The molecule has 1 saturated heterocycles. The molecule has 0 radical (unpaired) electrons. The Kier molecular flexibility index (Phi) is 7.74. The first-order valence-electron chi connectivity index (χ1n) is 13.7. The number of tetrazole rings is 1. The van der Waals surface area contributed by atoms with Gasteiger partial charge in [0.25, 0.3) is 5.91 Å². The third kappa shape index (κ3) is 5.62. The lowest BCUT2D eigenvalue weighted by molar-refractivity contribution is -0.113. The zero-order valence-electron chi connectivity index (χ0n) is 22.1. The maximum atomic E-state index is 12.6. The molecule has 0 N–H and O–H groups in total. The molecule has 0 bridgehead atoms. The summed E-state index contributed by atoms with van der Waals surface area (Å²) in [5, 5.41) is 14.0. The van der Waals surface area contributed by atoms with Crippen LogP contribution in [0.3, 0.4) is 0 Å². The van der Waals surface area contributed by atoms with E-state index in [9.17, 15) is 4.79 Å². The van der Waals surface area contributed by atoms with E-state index in [1.54, 1.807) is 7.11 Å². The number of nitrogens with zero attached hydrogens (tertiary/aromatic N) is 7. The van der Waals surface area contributed by atoms with Gasteiger partial charge >= 0.3 is 0 Å². The number of amidine groups is 1. The molecule has 1 saturated carbocycles. The maximum absolute atomic E-state index is 12.6. The first kappa shape index (κ1) is 25.8. The highest BCUT2D eigenvalue weighted by Crippen LogP contribution is 2.35. The Morgan fingerprint density at radius 1 is 0.974 bits per heavy atom. The molecule has 1 atom stereocenters. The Balaban J connectivity index is 1.20. The fourth-order valence-electron chi connectivity index (χ4n) is 5.68. The second-order valence-corrected chi connectivity index (χ2v) is 11.2. The van der Waals surface area contributed by atoms with Gasteiger partial charge in [-0.3, -0.25) is 9.69 Å². The van der Waals surface area contributed by atoms with Crippen LogP contribution < -0.4 is 4.74 Å². The molecule has 9 nitrogen and oxygen atoms in total. The molecule has 1 unspecified atom stereocenters. The number of rotatable bonds is 6. The van der Waals surface area contributed by atoms with Crippen molar-refractivity contribution >= 4 is 28.9 Å². The zero-order chi connectivity index (χ0) is 26.6. The summed E-state index contributed by atoms with van der Waals surface area (Å²) in [5.41, 5.74) is 2.15. The summed E-state index contributed by atoms with van der Waals surface area (Å²) in [6.45, 7) is 3.16. The van der Waals surface area contributed by atoms with Crippen LogP contribution in [0.1, 0.15) is 61.1 Å². The molecule has 3 heterocycles. The average molecular weight is 544 g/mol. The van der Waals surface area contributed by atoms with Gasteiger partial charge in [0.2, 0.25) is 0 Å². The van der Waals surface area contributed by atoms with Crippen molar-refractivity contribution in [3.8, 4) is 5.75 Å². The van der Waals surface area contributed by atoms with Gasteiger partial charge in [-0.2, -0.15) is 4.99 Å². The molecule has 2 fully saturated rings. The summed E-state index contributed by atoms with van der Waals surface area (Å²) in [4.78, 5) is 22.4. The molecule has 6 rings (SSSR count). The van der Waals surface area contributed by atoms with Gasteiger partial charge in [0.05, 0.1) is 24.1 Å². The molecule has 2 aromatic carbocycles. The van der Waals surface area contributed by atoms with Crippen molar-refractivity contribution in [3.63, 3.8) is 0 Å². The maximum Gasteiger partial charge on any atom is 0.286 e. The summed E-state index contributed by atoms with van der Waals surface area (Å²) < 4.78 is 7.50. The van der Waals surface area contributed by atoms with E-state index in [2.05, 4.69) is 47.1 Å². The Hall–Kier alpha value is -3.50. The van der Waals surface area contributed by atoms with Crippen molar-refractivity contribution in [1.29, 1.82) is 0 Å². The topological polar surface area (TPSA) is 88.7 Å². The summed E-state index contributed by atoms with van der Waals surface area (Å²) in [6, 6.07) is 18.4. The van der Waals surface area contributed by atoms with Crippen molar-refractivity contribution in [1.82, 2.24) is 30.0 Å². The number of carbonyl (C=O) groups is 1. The Morgan fingerprint density at radius 3 is 2.44 bits per heavy atom. The molecule has 3 aromatic rings. The second-order valence-electron chi connectivity index (χ2n) is 10.2. The summed E-state index contributed by atoms with van der Waals surface area (Å²) in [5.74, 6) is 1.56. The van der Waals surface area contributed by atoms with Gasteiger partial charge in [0.15, 0.2) is 11.0 Å². The standard InChI is InChI=1S/C29H33N7O2S/c1-38-24-14-12-22(13-15-24)26(27-31-32-33-36(27)23-10-6-3-7-11-23)34-16-18-35(19-17-34)29-30-28(37)25(39-29)20-21-8-4-2-5-9-21/h2,4-5,8-9,12-15,20,23,26H,3,6-7,10-11,16-19H2,1H3/b25-20-. The zero-order valence-corrected chi connectivity index (χ0v) is 23.0. The largest absolute Gasteiger partial charge is 0.497 e. The molecule has 1 aliphatic carbocycles. The number of hydrogen-bond donors (Lipinski definition) is 0. The number of piperazine rings is 1. The summed E-state index contributed by atoms with van der Waals surface area (Å²) >= 11 is 1.47. The van der Waals surface area contributed by atoms with Crippen molar-refractivity contribution in [2.45, 2.75) is 44.2 Å². The van der Waals surface area contributed by atoms with Gasteiger partial charge in [-0.15, -0.1) is 5.10 Å². The van der Waals surface area contributed by atoms with Crippen LogP contribution in [0.2, 0.25) is 0 Å². The van der Waals surface area contributed by atoms with Crippen LogP contribution in [-0.2, 0) is 4.79 Å². The summed E-state index contributed by atoms with van der Waals surface area (Å²) in [6.07, 6.45) is 7.87. The smallest absolute Gasteiger partial charge is 0.286 e. The van der Waals surface area contributed by atoms with Crippen LogP contribution >= 0.6 is 11.8 Å². The number of hydrogen-bond acceptors (Lipinski definition) is 8. The molecule has 202 valence electrons. The van der Waals surface area contributed by atoms with Gasteiger partial charge in [0, 0.05) is 26.2 Å². The van der Waals surface area contributed by atoms with Gasteiger partial charge in [-0.1, -0.05) is 61.7 Å². The number of benzene rings is 2. The Morgan fingerprint density at radius 2 is 1.72 bits per heavy atom. The number of aliphatic imine (C=N–C) groups is 1. The average Bonchev–Trinajstić information content (AvgIpc) is 3.62. The van der Waals surface area contributed by atoms with E-state index >= 15 is 0 Å². The van der Waals surface area contributed by atoms with Gasteiger partial charge < -0.3 is 9.64 Å². The van der Waals surface area contributed by atoms with Crippen molar-refractivity contribution < 1.29 is 9.53 Å². The lowest BCUT2D eigenvalue weighted by atomic mass is 9.95. The molecule has 39 heavy (non-hydrogen) atoms. The van der Waals surface area contributed by atoms with Crippen LogP contribution in [0.5, 0.6) is 5.75 Å². The highest BCUT2D eigenvalue weighted by molar-refractivity contribution is 8.18. The minimum Gasteiger partial charge on any atom is -0.497 e. The number of methoxy groups -OCH3 is 1. The molecule has 10 heteroatoms. The van der Waals surface area contributed by atoms with Gasteiger partial charge in [-0.25, -0.2) is 4.68 Å². The van der Waals surface area contributed by atoms with Crippen LogP contribution in [0.4, 0.5) is 0 Å². The SMILES string of the molecule is COc1ccc(C(c2nnnn2C2CCCCC2)N2CCN(C3=NC(=O)/C(=C/c4ccccc4)S3)CC2)cc1. The molecule has 2 aliphatic heterocycles.